The third-order valence-corrected chi connectivity index (χ3v) is 3.20. The number of likely N-dealkylation sites (N-methyl/N-ethyl adjacent to an activating group) is 1. The van der Waals surface area contributed by atoms with Gasteiger partial charge in [-0.25, -0.2) is 0 Å². The first-order valence-electron chi connectivity index (χ1n) is 4.85. The van der Waals surface area contributed by atoms with E-state index in [0.717, 1.165) is 0 Å². The van der Waals surface area contributed by atoms with Crippen LogP contribution in [-0.2, 0) is 0 Å². The second-order valence-electron chi connectivity index (χ2n) is 3.65. The van der Waals surface area contributed by atoms with Crippen molar-refractivity contribution in [3.8, 4) is 0 Å². The van der Waals surface area contributed by atoms with E-state index in [-0.39, 0.29) is 16.9 Å². The predicted octanol–water partition coefficient (Wildman–Crippen LogP) is 2.74. The molecule has 0 saturated heterocycles. The molecule has 17 heavy (non-hydrogen) atoms. The van der Waals surface area contributed by atoms with Crippen molar-refractivity contribution in [2.24, 2.45) is 5.73 Å². The normalized spacial score (nSPS) is 12.0. The molecule has 3 nitrogen and oxygen atoms in total. The van der Waals surface area contributed by atoms with E-state index in [1.807, 2.05) is 0 Å². The Hall–Kier alpha value is -0.840. The Bertz CT molecular complexity index is 445. The number of benzene rings is 1. The molecule has 1 aromatic rings. The molecule has 2 N–H and O–H groups in total. The van der Waals surface area contributed by atoms with Crippen LogP contribution in [0.1, 0.15) is 17.3 Å². The van der Waals surface area contributed by atoms with Crippen LogP contribution in [-0.4, -0.2) is 28.9 Å². The summed E-state index contributed by atoms with van der Waals surface area (Å²) >= 11 is 16.5. The Morgan fingerprint density at radius 2 is 1.82 bits per heavy atom. The Kier molecular flexibility index (Phi) is 4.74. The highest BCUT2D eigenvalue weighted by atomic mass is 35.5. The van der Waals surface area contributed by atoms with Crippen LogP contribution in [0.4, 0.5) is 0 Å². The van der Waals surface area contributed by atoms with E-state index in [2.05, 4.69) is 0 Å². The van der Waals surface area contributed by atoms with Gasteiger partial charge in [-0.3, -0.25) is 4.79 Å². The Morgan fingerprint density at radius 3 is 2.24 bits per heavy atom. The van der Waals surface area contributed by atoms with Gasteiger partial charge in [0.15, 0.2) is 0 Å². The van der Waals surface area contributed by atoms with Crippen LogP contribution in [0.5, 0.6) is 0 Å². The molecule has 0 heterocycles. The van der Waals surface area contributed by atoms with Gasteiger partial charge in [0.1, 0.15) is 0 Å². The van der Waals surface area contributed by atoms with Crippen LogP contribution in [0.25, 0.3) is 0 Å². The van der Waals surface area contributed by atoms with Gasteiger partial charge in [0.05, 0.1) is 11.0 Å². The zero-order chi connectivity index (χ0) is 13.2. The lowest BCUT2D eigenvalue weighted by Crippen LogP contribution is -2.42. The largest absolute Gasteiger partial charge is 0.392 e. The second-order valence-corrected chi connectivity index (χ2v) is 5.00. The fourth-order valence-corrected chi connectivity index (χ4v) is 1.93. The third kappa shape index (κ3) is 3.56. The molecule has 1 unspecified atom stereocenters. The highest BCUT2D eigenvalue weighted by Crippen LogP contribution is 2.20. The number of carbonyl (C=O) groups is 1. The van der Waals surface area contributed by atoms with Gasteiger partial charge in [-0.05, 0) is 25.1 Å². The first kappa shape index (κ1) is 14.2. The molecule has 92 valence electrons. The van der Waals surface area contributed by atoms with Gasteiger partial charge in [0, 0.05) is 22.7 Å². The minimum absolute atomic E-state index is 0.227. The summed E-state index contributed by atoms with van der Waals surface area (Å²) in [6.45, 7) is 1.76. The smallest absolute Gasteiger partial charge is 0.254 e. The number of halogens is 2. The van der Waals surface area contributed by atoms with Crippen molar-refractivity contribution in [3.63, 3.8) is 0 Å². The predicted molar refractivity (Wildman–Crippen MR) is 74.8 cm³/mol. The molecule has 0 fully saturated rings. The number of nitrogens with zero attached hydrogens (tertiary/aromatic N) is 1. The number of hydrogen-bond donors (Lipinski definition) is 1. The summed E-state index contributed by atoms with van der Waals surface area (Å²) in [5.41, 5.74) is 5.91. The maximum absolute atomic E-state index is 12.1. The lowest BCUT2D eigenvalue weighted by atomic mass is 10.2. The standard InChI is InChI=1S/C11H12Cl2N2OS/c1-6(10(14)17)15(2)11(16)7-3-8(12)5-9(13)4-7/h3-6H,1-2H3,(H2,14,17). The zero-order valence-electron chi connectivity index (χ0n) is 9.41. The maximum atomic E-state index is 12.1. The van der Waals surface area contributed by atoms with E-state index in [1.165, 1.54) is 4.90 Å². The maximum Gasteiger partial charge on any atom is 0.254 e. The fourth-order valence-electron chi connectivity index (χ4n) is 1.25. The summed E-state index contributed by atoms with van der Waals surface area (Å²) in [7, 11) is 1.63. The summed E-state index contributed by atoms with van der Waals surface area (Å²) in [6.07, 6.45) is 0. The monoisotopic (exact) mass is 290 g/mol. The molecule has 0 aliphatic heterocycles. The van der Waals surface area contributed by atoms with Gasteiger partial charge in [0.2, 0.25) is 0 Å². The van der Waals surface area contributed by atoms with E-state index in [9.17, 15) is 4.79 Å². The summed E-state index contributed by atoms with van der Waals surface area (Å²) < 4.78 is 0. The van der Waals surface area contributed by atoms with E-state index in [1.54, 1.807) is 32.2 Å². The van der Waals surface area contributed by atoms with Gasteiger partial charge in [0.25, 0.3) is 5.91 Å². The third-order valence-electron chi connectivity index (χ3n) is 2.42. The minimum atomic E-state index is -0.324. The summed E-state index contributed by atoms with van der Waals surface area (Å²) in [5.74, 6) is -0.227. The fraction of sp³-hybridized carbons (Fsp3) is 0.273. The van der Waals surface area contributed by atoms with E-state index in [0.29, 0.717) is 15.6 Å². The first-order valence-corrected chi connectivity index (χ1v) is 6.02. The van der Waals surface area contributed by atoms with Gasteiger partial charge in [-0.15, -0.1) is 0 Å². The zero-order valence-corrected chi connectivity index (χ0v) is 11.7. The van der Waals surface area contributed by atoms with Crippen molar-refractivity contribution in [1.82, 2.24) is 4.90 Å². The van der Waals surface area contributed by atoms with Crippen molar-refractivity contribution in [2.75, 3.05) is 7.05 Å². The van der Waals surface area contributed by atoms with Gasteiger partial charge < -0.3 is 10.6 Å². The first-order chi connectivity index (χ1) is 7.82. The van der Waals surface area contributed by atoms with E-state index >= 15 is 0 Å². The van der Waals surface area contributed by atoms with Gasteiger partial charge in [-0.1, -0.05) is 35.4 Å². The van der Waals surface area contributed by atoms with Crippen LogP contribution in [0.2, 0.25) is 10.0 Å². The molecular formula is C11H12Cl2N2OS. The summed E-state index contributed by atoms with van der Waals surface area (Å²) in [5, 5.41) is 0.828. The van der Waals surface area contributed by atoms with Gasteiger partial charge >= 0.3 is 0 Å². The molecule has 1 atom stereocenters. The number of rotatable bonds is 3. The number of hydrogen-bond acceptors (Lipinski definition) is 2. The molecule has 0 aliphatic rings. The molecule has 1 aromatic carbocycles. The van der Waals surface area contributed by atoms with Crippen LogP contribution in [0, 0.1) is 0 Å². The Morgan fingerprint density at radius 1 is 1.35 bits per heavy atom. The summed E-state index contributed by atoms with van der Waals surface area (Å²) in [6, 6.07) is 4.35. The Balaban J connectivity index is 3.00. The number of nitrogens with two attached hydrogens (primary N) is 1. The number of carbonyl (C=O) groups excluding carboxylic acids is 1. The molecule has 0 bridgehead atoms. The number of thiocarbonyl (C=S) groups is 1. The van der Waals surface area contributed by atoms with Crippen LogP contribution >= 0.6 is 35.4 Å². The lowest BCUT2D eigenvalue weighted by molar-refractivity contribution is 0.0779. The quantitative estimate of drug-likeness (QED) is 0.871. The highest BCUT2D eigenvalue weighted by Gasteiger charge is 2.19. The average Bonchev–Trinajstić information content (AvgIpc) is 2.24. The molecule has 6 heteroatoms. The molecule has 0 aromatic heterocycles. The average molecular weight is 291 g/mol. The van der Waals surface area contributed by atoms with E-state index < -0.39 is 0 Å². The number of amides is 1. The van der Waals surface area contributed by atoms with Crippen LogP contribution in [0.15, 0.2) is 18.2 Å². The van der Waals surface area contributed by atoms with Crippen molar-refractivity contribution >= 4 is 46.3 Å². The lowest BCUT2D eigenvalue weighted by Gasteiger charge is -2.24. The second kappa shape index (κ2) is 5.67. The molecule has 0 saturated carbocycles. The highest BCUT2D eigenvalue weighted by molar-refractivity contribution is 7.80. The van der Waals surface area contributed by atoms with Gasteiger partial charge in [-0.2, -0.15) is 0 Å². The summed E-state index contributed by atoms with van der Waals surface area (Å²) in [4.78, 5) is 13.8. The molecule has 0 spiro atoms. The van der Waals surface area contributed by atoms with Crippen molar-refractivity contribution in [2.45, 2.75) is 13.0 Å². The van der Waals surface area contributed by atoms with Crippen molar-refractivity contribution in [1.29, 1.82) is 0 Å². The van der Waals surface area contributed by atoms with Crippen molar-refractivity contribution < 1.29 is 4.79 Å². The SMILES string of the molecule is CC(C(N)=S)N(C)C(=O)c1cc(Cl)cc(Cl)c1. The van der Waals surface area contributed by atoms with E-state index in [4.69, 9.17) is 41.2 Å². The molecule has 0 radical (unpaired) electrons. The molecule has 1 amide bonds. The minimum Gasteiger partial charge on any atom is -0.392 e. The molecule has 0 aliphatic carbocycles. The molecule has 1 rings (SSSR count). The van der Waals surface area contributed by atoms with Crippen molar-refractivity contribution in [3.05, 3.63) is 33.8 Å². The Labute approximate surface area is 115 Å². The molecular weight excluding hydrogens is 279 g/mol. The van der Waals surface area contributed by atoms with Crippen LogP contribution in [0.3, 0.4) is 0 Å². The van der Waals surface area contributed by atoms with Crippen LogP contribution < -0.4 is 5.73 Å². The topological polar surface area (TPSA) is 46.3 Å².